The quantitative estimate of drug-likeness (QED) is 0.289. The van der Waals surface area contributed by atoms with Crippen LogP contribution in [-0.2, 0) is 25.5 Å². The molecule has 0 aliphatic carbocycles. The number of phenols is 2. The van der Waals surface area contributed by atoms with Gasteiger partial charge in [-0.05, 0) is 48.2 Å². The fourth-order valence-corrected chi connectivity index (χ4v) is 4.56. The van der Waals surface area contributed by atoms with Crippen LogP contribution in [0.1, 0.15) is 62.7 Å². The van der Waals surface area contributed by atoms with Crippen LogP contribution < -0.4 is 9.47 Å². The first-order valence-electron chi connectivity index (χ1n) is 12.5. The molecule has 2 aromatic rings. The molecular formula is C28H36O8. The van der Waals surface area contributed by atoms with Gasteiger partial charge >= 0.3 is 11.9 Å². The number of esters is 2. The molecule has 0 spiro atoms. The lowest BCUT2D eigenvalue weighted by Crippen LogP contribution is -2.28. The van der Waals surface area contributed by atoms with Crippen molar-refractivity contribution in [1.29, 1.82) is 0 Å². The number of unbranched alkanes of at least 4 members (excludes halogenated alkanes) is 4. The average Bonchev–Trinajstić information content (AvgIpc) is 3.23. The molecule has 1 saturated heterocycles. The minimum atomic E-state index is -0.766. The molecule has 36 heavy (non-hydrogen) atoms. The Bertz CT molecular complexity index is 1030. The lowest BCUT2D eigenvalue weighted by molar-refractivity contribution is -0.153. The highest BCUT2D eigenvalue weighted by molar-refractivity contribution is 5.76. The summed E-state index contributed by atoms with van der Waals surface area (Å²) >= 11 is 0. The zero-order chi connectivity index (χ0) is 26.1. The Kier molecular flexibility index (Phi) is 9.85. The Labute approximate surface area is 212 Å². The number of methoxy groups -OCH3 is 2. The molecular weight excluding hydrogens is 464 g/mol. The third kappa shape index (κ3) is 6.83. The largest absolute Gasteiger partial charge is 0.504 e. The van der Waals surface area contributed by atoms with Gasteiger partial charge < -0.3 is 29.2 Å². The first-order chi connectivity index (χ1) is 17.4. The molecule has 1 aliphatic heterocycles. The lowest BCUT2D eigenvalue weighted by Gasteiger charge is -2.27. The van der Waals surface area contributed by atoms with Crippen LogP contribution in [0.2, 0.25) is 0 Å². The van der Waals surface area contributed by atoms with Crippen LogP contribution in [0.25, 0.3) is 0 Å². The van der Waals surface area contributed by atoms with Gasteiger partial charge in [-0.1, -0.05) is 44.7 Å². The smallest absolute Gasteiger partial charge is 0.309 e. The fraction of sp³-hybridized carbons (Fsp3) is 0.500. The molecule has 8 nitrogen and oxygen atoms in total. The highest BCUT2D eigenvalue weighted by Crippen LogP contribution is 2.41. The normalized spacial score (nSPS) is 17.9. The summed E-state index contributed by atoms with van der Waals surface area (Å²) in [7, 11) is 2.90. The summed E-state index contributed by atoms with van der Waals surface area (Å²) < 4.78 is 21.9. The third-order valence-electron chi connectivity index (χ3n) is 6.60. The van der Waals surface area contributed by atoms with Crippen molar-refractivity contribution in [2.45, 2.75) is 58.0 Å². The van der Waals surface area contributed by atoms with E-state index in [0.29, 0.717) is 17.7 Å². The van der Waals surface area contributed by atoms with Crippen molar-refractivity contribution in [3.63, 3.8) is 0 Å². The van der Waals surface area contributed by atoms with Crippen LogP contribution in [-0.4, -0.2) is 43.0 Å². The van der Waals surface area contributed by atoms with Crippen LogP contribution in [0.5, 0.6) is 23.0 Å². The van der Waals surface area contributed by atoms with E-state index >= 15 is 0 Å². The number of cyclic esters (lactones) is 1. The molecule has 0 bridgehead atoms. The van der Waals surface area contributed by atoms with E-state index in [1.165, 1.54) is 26.4 Å². The Balaban J connectivity index is 1.85. The molecule has 0 aromatic heterocycles. The van der Waals surface area contributed by atoms with Crippen LogP contribution in [0.15, 0.2) is 36.4 Å². The second kappa shape index (κ2) is 13.0. The molecule has 0 unspecified atom stereocenters. The zero-order valence-corrected chi connectivity index (χ0v) is 21.2. The summed E-state index contributed by atoms with van der Waals surface area (Å²) in [5.41, 5.74) is 1.39. The summed E-state index contributed by atoms with van der Waals surface area (Å²) in [4.78, 5) is 25.6. The number of aromatic hydroxyl groups is 2. The number of carbonyl (C=O) groups is 2. The van der Waals surface area contributed by atoms with Gasteiger partial charge in [-0.25, -0.2) is 0 Å². The highest BCUT2D eigenvalue weighted by Gasteiger charge is 2.44. The SMILES string of the molecule is CCCCCCCC(=O)O[C@@H](c1ccc(O)c(OC)c1)[C@H]1COC(=O)[C@@H]1Cc1ccc(O)c(OC)c1. The first kappa shape index (κ1) is 27.2. The third-order valence-corrected chi connectivity index (χ3v) is 6.60. The number of benzene rings is 2. The average molecular weight is 501 g/mol. The predicted octanol–water partition coefficient (Wildman–Crippen LogP) is 5.09. The lowest BCUT2D eigenvalue weighted by atomic mass is 9.82. The summed E-state index contributed by atoms with van der Waals surface area (Å²) in [6.45, 7) is 2.23. The summed E-state index contributed by atoms with van der Waals surface area (Å²) in [6.07, 6.45) is 4.87. The number of hydrogen-bond donors (Lipinski definition) is 2. The zero-order valence-electron chi connectivity index (χ0n) is 21.2. The number of ether oxygens (including phenoxy) is 4. The first-order valence-corrected chi connectivity index (χ1v) is 12.5. The monoisotopic (exact) mass is 500 g/mol. The molecule has 1 aliphatic rings. The van der Waals surface area contributed by atoms with Crippen molar-refractivity contribution in [2.75, 3.05) is 20.8 Å². The maximum absolute atomic E-state index is 12.8. The van der Waals surface area contributed by atoms with Gasteiger partial charge in [-0.3, -0.25) is 9.59 Å². The van der Waals surface area contributed by atoms with Crippen molar-refractivity contribution in [3.05, 3.63) is 47.5 Å². The van der Waals surface area contributed by atoms with Gasteiger partial charge in [0.15, 0.2) is 23.0 Å². The van der Waals surface area contributed by atoms with E-state index in [-0.39, 0.29) is 42.2 Å². The summed E-state index contributed by atoms with van der Waals surface area (Å²) in [5, 5.41) is 20.0. The number of hydrogen-bond acceptors (Lipinski definition) is 8. The van der Waals surface area contributed by atoms with E-state index in [1.807, 2.05) is 0 Å². The van der Waals surface area contributed by atoms with Gasteiger partial charge in [0.2, 0.25) is 0 Å². The van der Waals surface area contributed by atoms with Gasteiger partial charge in [-0.2, -0.15) is 0 Å². The molecule has 8 heteroatoms. The van der Waals surface area contributed by atoms with Crippen LogP contribution in [0.3, 0.4) is 0 Å². The number of phenolic OH excluding ortho intramolecular Hbond substituents is 2. The molecule has 0 amide bonds. The highest BCUT2D eigenvalue weighted by atomic mass is 16.6. The maximum Gasteiger partial charge on any atom is 0.309 e. The summed E-state index contributed by atoms with van der Waals surface area (Å²) in [6, 6.07) is 9.69. The van der Waals surface area contributed by atoms with E-state index in [1.54, 1.807) is 24.3 Å². The van der Waals surface area contributed by atoms with Crippen molar-refractivity contribution < 1.29 is 38.7 Å². The minimum Gasteiger partial charge on any atom is -0.504 e. The number of carbonyl (C=O) groups excluding carboxylic acids is 2. The van der Waals surface area contributed by atoms with Crippen LogP contribution >= 0.6 is 0 Å². The Morgan fingerprint density at radius 3 is 2.36 bits per heavy atom. The van der Waals surface area contributed by atoms with E-state index in [9.17, 15) is 19.8 Å². The van der Waals surface area contributed by atoms with Gasteiger partial charge in [0.05, 0.1) is 26.7 Å². The van der Waals surface area contributed by atoms with Crippen LogP contribution in [0.4, 0.5) is 0 Å². The standard InChI is InChI=1S/C28H36O8/c1-4-5-6-7-8-9-26(31)36-27(19-11-13-23(30)25(16-19)34-3)21-17-35-28(32)20(21)14-18-10-12-22(29)24(15-18)33-2/h10-13,15-16,20-21,27,29-30H,4-9,14,17H2,1-3H3/t20-,21+,27+/m1/s1. The second-order valence-corrected chi connectivity index (χ2v) is 9.12. The molecule has 3 rings (SSSR count). The molecule has 0 saturated carbocycles. The Hall–Kier alpha value is -3.42. The molecule has 196 valence electrons. The van der Waals surface area contributed by atoms with Gasteiger partial charge in [0, 0.05) is 12.3 Å². The van der Waals surface area contributed by atoms with Crippen molar-refractivity contribution >= 4 is 11.9 Å². The van der Waals surface area contributed by atoms with E-state index in [0.717, 1.165) is 37.7 Å². The van der Waals surface area contributed by atoms with Crippen molar-refractivity contribution in [2.24, 2.45) is 11.8 Å². The van der Waals surface area contributed by atoms with Gasteiger partial charge in [-0.15, -0.1) is 0 Å². The maximum atomic E-state index is 12.8. The molecule has 3 atom stereocenters. The van der Waals surface area contributed by atoms with E-state index in [2.05, 4.69) is 6.92 Å². The molecule has 2 N–H and O–H groups in total. The Morgan fingerprint density at radius 2 is 1.67 bits per heavy atom. The topological polar surface area (TPSA) is 112 Å². The molecule has 2 aromatic carbocycles. The van der Waals surface area contributed by atoms with Crippen molar-refractivity contribution in [1.82, 2.24) is 0 Å². The Morgan fingerprint density at radius 1 is 1.00 bits per heavy atom. The predicted molar refractivity (Wildman–Crippen MR) is 133 cm³/mol. The van der Waals surface area contributed by atoms with Crippen molar-refractivity contribution in [3.8, 4) is 23.0 Å². The second-order valence-electron chi connectivity index (χ2n) is 9.12. The van der Waals surface area contributed by atoms with Crippen LogP contribution in [0, 0.1) is 11.8 Å². The van der Waals surface area contributed by atoms with E-state index in [4.69, 9.17) is 18.9 Å². The molecule has 1 heterocycles. The molecule has 0 radical (unpaired) electrons. The van der Waals surface area contributed by atoms with E-state index < -0.39 is 17.9 Å². The number of rotatable bonds is 13. The summed E-state index contributed by atoms with van der Waals surface area (Å²) in [5.74, 6) is -1.21. The minimum absolute atomic E-state index is 0.00808. The molecule has 1 fully saturated rings. The van der Waals surface area contributed by atoms with Gasteiger partial charge in [0.1, 0.15) is 6.10 Å². The van der Waals surface area contributed by atoms with Gasteiger partial charge in [0.25, 0.3) is 0 Å². The fourth-order valence-electron chi connectivity index (χ4n) is 4.56.